The van der Waals surface area contributed by atoms with E-state index < -0.39 is 0 Å². The molecular formula is C12H11ClOS. The number of carbonyl (C=O) groups is 1. The Morgan fingerprint density at radius 1 is 1.27 bits per heavy atom. The van der Waals surface area contributed by atoms with Gasteiger partial charge in [0.05, 0.1) is 0 Å². The van der Waals surface area contributed by atoms with E-state index in [-0.39, 0.29) is 5.78 Å². The number of carbonyl (C=O) groups excluding carboxylic acids is 1. The van der Waals surface area contributed by atoms with Crippen LogP contribution in [0, 0.1) is 0 Å². The van der Waals surface area contributed by atoms with Crippen LogP contribution in [0.2, 0.25) is 5.02 Å². The van der Waals surface area contributed by atoms with Crippen molar-refractivity contribution < 1.29 is 4.79 Å². The van der Waals surface area contributed by atoms with Crippen LogP contribution in [0.5, 0.6) is 0 Å². The van der Waals surface area contributed by atoms with Crippen molar-refractivity contribution in [1.82, 2.24) is 0 Å². The average molecular weight is 239 g/mol. The minimum Gasteiger partial charge on any atom is -0.295 e. The number of hydrogen-bond donors (Lipinski definition) is 0. The second-order valence-corrected chi connectivity index (χ2v) is 4.97. The quantitative estimate of drug-likeness (QED) is 0.796. The van der Waals surface area contributed by atoms with Crippen molar-refractivity contribution in [3.05, 3.63) is 45.8 Å². The third-order valence-electron chi connectivity index (χ3n) is 2.31. The van der Waals surface area contributed by atoms with E-state index in [4.69, 9.17) is 11.6 Å². The highest BCUT2D eigenvalue weighted by Gasteiger charge is 2.12. The van der Waals surface area contributed by atoms with E-state index in [1.54, 1.807) is 17.8 Å². The van der Waals surface area contributed by atoms with Crippen LogP contribution in [0.4, 0.5) is 0 Å². The van der Waals surface area contributed by atoms with Gasteiger partial charge in [-0.05, 0) is 29.0 Å². The summed E-state index contributed by atoms with van der Waals surface area (Å²) in [5.74, 6) is 1.09. The second kappa shape index (κ2) is 4.86. The second-order valence-electron chi connectivity index (χ2n) is 3.46. The lowest BCUT2D eigenvalue weighted by Gasteiger charge is -2.03. The van der Waals surface area contributed by atoms with Gasteiger partial charge < -0.3 is 0 Å². The van der Waals surface area contributed by atoms with E-state index >= 15 is 0 Å². The average Bonchev–Trinajstić information content (AvgIpc) is 2.63. The Labute approximate surface area is 98.5 Å². The smallest absolute Gasteiger partial charge is 0.156 e. The van der Waals surface area contributed by atoms with E-state index in [0.29, 0.717) is 6.42 Å². The summed E-state index contributed by atoms with van der Waals surface area (Å²) in [7, 11) is 0. The summed E-state index contributed by atoms with van der Waals surface area (Å²) < 4.78 is 0. The van der Waals surface area contributed by atoms with Crippen molar-refractivity contribution in [2.45, 2.75) is 18.6 Å². The number of benzene rings is 1. The molecule has 1 nitrogen and oxygen atoms in total. The molecule has 0 saturated carbocycles. The maximum absolute atomic E-state index is 11.0. The molecule has 15 heavy (non-hydrogen) atoms. The monoisotopic (exact) mass is 238 g/mol. The number of rotatable bonds is 3. The molecule has 0 fully saturated rings. The van der Waals surface area contributed by atoms with Crippen molar-refractivity contribution in [2.24, 2.45) is 0 Å². The molecule has 0 atom stereocenters. The zero-order valence-electron chi connectivity index (χ0n) is 8.20. The minimum atomic E-state index is 0.247. The number of allylic oxidation sites excluding steroid dienone is 2. The van der Waals surface area contributed by atoms with Gasteiger partial charge in [-0.15, -0.1) is 11.8 Å². The van der Waals surface area contributed by atoms with Crippen LogP contribution < -0.4 is 0 Å². The molecule has 1 aromatic carbocycles. The van der Waals surface area contributed by atoms with Crippen molar-refractivity contribution >= 4 is 29.1 Å². The molecule has 0 radical (unpaired) electrons. The highest BCUT2D eigenvalue weighted by Crippen LogP contribution is 2.31. The van der Waals surface area contributed by atoms with Crippen LogP contribution in [0.3, 0.4) is 0 Å². The van der Waals surface area contributed by atoms with Gasteiger partial charge >= 0.3 is 0 Å². The highest BCUT2D eigenvalue weighted by atomic mass is 35.5. The lowest BCUT2D eigenvalue weighted by Crippen LogP contribution is -1.81. The fraction of sp³-hybridized carbons (Fsp3) is 0.250. The van der Waals surface area contributed by atoms with Crippen LogP contribution in [-0.2, 0) is 10.5 Å². The van der Waals surface area contributed by atoms with Crippen LogP contribution in [-0.4, -0.2) is 5.78 Å². The van der Waals surface area contributed by atoms with Crippen molar-refractivity contribution in [2.75, 3.05) is 0 Å². The van der Waals surface area contributed by atoms with E-state index in [9.17, 15) is 4.79 Å². The minimum absolute atomic E-state index is 0.247. The number of hydrogen-bond acceptors (Lipinski definition) is 2. The standard InChI is InChI=1S/C12H11ClOS/c13-12-4-2-1-3-9(12)8-15-11-6-5-10(14)7-11/h1-4,7H,5-6,8H2. The summed E-state index contributed by atoms with van der Waals surface area (Å²) in [6.07, 6.45) is 3.32. The molecule has 0 amide bonds. The first-order chi connectivity index (χ1) is 7.25. The van der Waals surface area contributed by atoms with Crippen molar-refractivity contribution in [3.8, 4) is 0 Å². The Balaban J connectivity index is 1.97. The van der Waals surface area contributed by atoms with Gasteiger partial charge in [-0.3, -0.25) is 4.79 Å². The van der Waals surface area contributed by atoms with E-state index in [1.165, 1.54) is 4.91 Å². The summed E-state index contributed by atoms with van der Waals surface area (Å²) >= 11 is 7.75. The van der Waals surface area contributed by atoms with Gasteiger partial charge in [0, 0.05) is 17.2 Å². The number of ketones is 1. The zero-order chi connectivity index (χ0) is 10.7. The van der Waals surface area contributed by atoms with Gasteiger partial charge in [0.15, 0.2) is 5.78 Å². The molecule has 0 heterocycles. The third-order valence-corrected chi connectivity index (χ3v) is 3.83. The Kier molecular flexibility index (Phi) is 3.49. The molecule has 1 aliphatic carbocycles. The lowest BCUT2D eigenvalue weighted by atomic mass is 10.2. The summed E-state index contributed by atoms with van der Waals surface area (Å²) in [6, 6.07) is 7.82. The Morgan fingerprint density at radius 2 is 2.07 bits per heavy atom. The van der Waals surface area contributed by atoms with Gasteiger partial charge in [-0.25, -0.2) is 0 Å². The van der Waals surface area contributed by atoms with Crippen LogP contribution in [0.15, 0.2) is 35.2 Å². The maximum atomic E-state index is 11.0. The summed E-state index contributed by atoms with van der Waals surface area (Å²) in [4.78, 5) is 12.2. The normalized spacial score (nSPS) is 15.5. The topological polar surface area (TPSA) is 17.1 Å². The number of thioether (sulfide) groups is 1. The van der Waals surface area contributed by atoms with Gasteiger partial charge in [0.25, 0.3) is 0 Å². The van der Waals surface area contributed by atoms with Crippen LogP contribution >= 0.6 is 23.4 Å². The van der Waals surface area contributed by atoms with Crippen LogP contribution in [0.1, 0.15) is 18.4 Å². The predicted molar refractivity (Wildman–Crippen MR) is 65.1 cm³/mol. The summed E-state index contributed by atoms with van der Waals surface area (Å²) in [6.45, 7) is 0. The van der Waals surface area contributed by atoms with Gasteiger partial charge in [0.2, 0.25) is 0 Å². The molecule has 3 heteroatoms. The van der Waals surface area contributed by atoms with E-state index in [0.717, 1.165) is 22.8 Å². The molecule has 0 bridgehead atoms. The Morgan fingerprint density at radius 3 is 2.73 bits per heavy atom. The summed E-state index contributed by atoms with van der Waals surface area (Å²) in [5.41, 5.74) is 1.13. The van der Waals surface area contributed by atoms with E-state index in [1.807, 2.05) is 24.3 Å². The largest absolute Gasteiger partial charge is 0.295 e. The molecule has 1 aliphatic rings. The summed E-state index contributed by atoms with van der Waals surface area (Å²) in [5, 5.41) is 0.801. The van der Waals surface area contributed by atoms with Crippen molar-refractivity contribution in [3.63, 3.8) is 0 Å². The molecule has 0 aromatic heterocycles. The third kappa shape index (κ3) is 2.86. The van der Waals surface area contributed by atoms with Gasteiger partial charge in [0.1, 0.15) is 0 Å². The Hall–Kier alpha value is -0.730. The molecule has 0 saturated heterocycles. The molecule has 1 aromatic rings. The molecule has 0 spiro atoms. The van der Waals surface area contributed by atoms with Gasteiger partial charge in [-0.2, -0.15) is 0 Å². The maximum Gasteiger partial charge on any atom is 0.156 e. The molecule has 0 unspecified atom stereocenters. The molecular weight excluding hydrogens is 228 g/mol. The highest BCUT2D eigenvalue weighted by molar-refractivity contribution is 8.02. The number of halogens is 1. The first kappa shape index (κ1) is 10.8. The van der Waals surface area contributed by atoms with Crippen LogP contribution in [0.25, 0.3) is 0 Å². The van der Waals surface area contributed by atoms with E-state index in [2.05, 4.69) is 0 Å². The molecule has 2 rings (SSSR count). The van der Waals surface area contributed by atoms with Crippen molar-refractivity contribution in [1.29, 1.82) is 0 Å². The Bertz CT molecular complexity index is 412. The lowest BCUT2D eigenvalue weighted by molar-refractivity contribution is -0.114. The zero-order valence-corrected chi connectivity index (χ0v) is 9.77. The fourth-order valence-corrected chi connectivity index (χ4v) is 2.81. The van der Waals surface area contributed by atoms with Gasteiger partial charge in [-0.1, -0.05) is 29.8 Å². The fourth-order valence-electron chi connectivity index (χ4n) is 1.47. The predicted octanol–water partition coefficient (Wildman–Crippen LogP) is 3.82. The molecule has 78 valence electrons. The molecule has 0 aliphatic heterocycles. The molecule has 0 N–H and O–H groups in total. The SMILES string of the molecule is O=C1C=C(SCc2ccccc2Cl)CC1. The first-order valence-corrected chi connectivity index (χ1v) is 6.21. The first-order valence-electron chi connectivity index (χ1n) is 4.85.